The lowest BCUT2D eigenvalue weighted by Crippen LogP contribution is -2.11. The molecular formula is C14H17NS. The van der Waals surface area contributed by atoms with Gasteiger partial charge in [0.2, 0.25) is 0 Å². The maximum absolute atomic E-state index is 6.19. The Hall–Kier alpha value is -1.12. The Morgan fingerprint density at radius 3 is 2.56 bits per heavy atom. The van der Waals surface area contributed by atoms with E-state index < -0.39 is 0 Å². The van der Waals surface area contributed by atoms with E-state index in [-0.39, 0.29) is 6.04 Å². The van der Waals surface area contributed by atoms with E-state index in [9.17, 15) is 0 Å². The third kappa shape index (κ3) is 2.71. The van der Waals surface area contributed by atoms with Crippen LogP contribution in [0.4, 0.5) is 0 Å². The highest BCUT2D eigenvalue weighted by Gasteiger charge is 2.09. The molecule has 1 aromatic carbocycles. The van der Waals surface area contributed by atoms with Gasteiger partial charge in [-0.1, -0.05) is 30.3 Å². The van der Waals surface area contributed by atoms with Crippen molar-refractivity contribution in [2.45, 2.75) is 25.8 Å². The Labute approximate surface area is 101 Å². The Bertz CT molecular complexity index is 433. The SMILES string of the molecule is Cc1sccc1C(N)CCc1ccccc1. The molecule has 0 spiro atoms. The molecule has 16 heavy (non-hydrogen) atoms. The quantitative estimate of drug-likeness (QED) is 0.853. The molecule has 84 valence electrons. The molecule has 0 amide bonds. The van der Waals surface area contributed by atoms with Crippen molar-refractivity contribution in [3.63, 3.8) is 0 Å². The molecule has 2 aromatic rings. The summed E-state index contributed by atoms with van der Waals surface area (Å²) in [7, 11) is 0. The zero-order chi connectivity index (χ0) is 11.4. The Kier molecular flexibility index (Phi) is 3.75. The van der Waals surface area contributed by atoms with Gasteiger partial charge in [-0.05, 0) is 42.3 Å². The average molecular weight is 231 g/mol. The molecule has 1 aromatic heterocycles. The normalized spacial score (nSPS) is 12.6. The van der Waals surface area contributed by atoms with Gasteiger partial charge in [-0.25, -0.2) is 0 Å². The van der Waals surface area contributed by atoms with Gasteiger partial charge in [-0.2, -0.15) is 0 Å². The fourth-order valence-corrected chi connectivity index (χ4v) is 2.68. The summed E-state index contributed by atoms with van der Waals surface area (Å²) < 4.78 is 0. The van der Waals surface area contributed by atoms with Crippen LogP contribution in [0.25, 0.3) is 0 Å². The van der Waals surface area contributed by atoms with Gasteiger partial charge in [0.15, 0.2) is 0 Å². The van der Waals surface area contributed by atoms with E-state index in [1.54, 1.807) is 11.3 Å². The van der Waals surface area contributed by atoms with Crippen LogP contribution < -0.4 is 5.73 Å². The van der Waals surface area contributed by atoms with E-state index in [1.807, 2.05) is 6.07 Å². The first-order valence-electron chi connectivity index (χ1n) is 5.61. The summed E-state index contributed by atoms with van der Waals surface area (Å²) in [5.41, 5.74) is 8.87. The molecule has 0 fully saturated rings. The highest BCUT2D eigenvalue weighted by molar-refractivity contribution is 7.10. The number of nitrogens with two attached hydrogens (primary N) is 1. The van der Waals surface area contributed by atoms with Gasteiger partial charge in [0, 0.05) is 10.9 Å². The summed E-state index contributed by atoms with van der Waals surface area (Å²) in [5, 5.41) is 2.12. The number of hydrogen-bond acceptors (Lipinski definition) is 2. The second-order valence-electron chi connectivity index (χ2n) is 4.06. The number of benzene rings is 1. The maximum Gasteiger partial charge on any atom is 0.0308 e. The largest absolute Gasteiger partial charge is 0.324 e. The minimum atomic E-state index is 0.173. The molecule has 1 atom stereocenters. The average Bonchev–Trinajstić information content (AvgIpc) is 2.74. The number of aryl methyl sites for hydroxylation is 2. The minimum Gasteiger partial charge on any atom is -0.324 e. The van der Waals surface area contributed by atoms with Gasteiger partial charge in [0.05, 0.1) is 0 Å². The third-order valence-corrected chi connectivity index (χ3v) is 3.75. The van der Waals surface area contributed by atoms with E-state index in [1.165, 1.54) is 16.0 Å². The predicted molar refractivity (Wildman–Crippen MR) is 70.7 cm³/mol. The Morgan fingerprint density at radius 2 is 1.94 bits per heavy atom. The minimum absolute atomic E-state index is 0.173. The number of thiophene rings is 1. The van der Waals surface area contributed by atoms with Crippen LogP contribution in [-0.2, 0) is 6.42 Å². The van der Waals surface area contributed by atoms with Gasteiger partial charge in [-0.15, -0.1) is 11.3 Å². The molecule has 2 rings (SSSR count). The molecular weight excluding hydrogens is 214 g/mol. The van der Waals surface area contributed by atoms with E-state index in [2.05, 4.69) is 42.6 Å². The van der Waals surface area contributed by atoms with Crippen molar-refractivity contribution < 1.29 is 0 Å². The molecule has 2 N–H and O–H groups in total. The Balaban J connectivity index is 1.94. The highest BCUT2D eigenvalue weighted by atomic mass is 32.1. The third-order valence-electron chi connectivity index (χ3n) is 2.89. The first-order chi connectivity index (χ1) is 7.77. The smallest absolute Gasteiger partial charge is 0.0308 e. The lowest BCUT2D eigenvalue weighted by molar-refractivity contribution is 0.650. The van der Waals surface area contributed by atoms with E-state index in [4.69, 9.17) is 5.73 Å². The van der Waals surface area contributed by atoms with Crippen LogP contribution in [0.3, 0.4) is 0 Å². The van der Waals surface area contributed by atoms with Crippen molar-refractivity contribution >= 4 is 11.3 Å². The van der Waals surface area contributed by atoms with Crippen LogP contribution in [0, 0.1) is 6.92 Å². The van der Waals surface area contributed by atoms with E-state index in [0.29, 0.717) is 0 Å². The topological polar surface area (TPSA) is 26.0 Å². The maximum atomic E-state index is 6.19. The molecule has 0 radical (unpaired) electrons. The van der Waals surface area contributed by atoms with Crippen LogP contribution in [0.1, 0.15) is 28.5 Å². The van der Waals surface area contributed by atoms with Crippen molar-refractivity contribution in [3.8, 4) is 0 Å². The molecule has 1 unspecified atom stereocenters. The highest BCUT2D eigenvalue weighted by Crippen LogP contribution is 2.24. The van der Waals surface area contributed by atoms with Crippen LogP contribution in [0.5, 0.6) is 0 Å². The molecule has 1 heterocycles. The van der Waals surface area contributed by atoms with Gasteiger partial charge in [0.25, 0.3) is 0 Å². The van der Waals surface area contributed by atoms with Gasteiger partial charge in [-0.3, -0.25) is 0 Å². The summed E-state index contributed by atoms with van der Waals surface area (Å²) in [6.45, 7) is 2.14. The lowest BCUT2D eigenvalue weighted by Gasteiger charge is -2.11. The molecule has 0 saturated heterocycles. The van der Waals surface area contributed by atoms with Crippen molar-refractivity contribution in [1.82, 2.24) is 0 Å². The fourth-order valence-electron chi connectivity index (χ4n) is 1.90. The van der Waals surface area contributed by atoms with Crippen molar-refractivity contribution in [3.05, 3.63) is 57.8 Å². The summed E-state index contributed by atoms with van der Waals surface area (Å²) in [6.07, 6.45) is 2.07. The molecule has 1 nitrogen and oxygen atoms in total. The summed E-state index contributed by atoms with van der Waals surface area (Å²) in [6, 6.07) is 12.8. The molecule has 0 aliphatic carbocycles. The van der Waals surface area contributed by atoms with E-state index >= 15 is 0 Å². The summed E-state index contributed by atoms with van der Waals surface area (Å²) in [5.74, 6) is 0. The zero-order valence-electron chi connectivity index (χ0n) is 9.52. The van der Waals surface area contributed by atoms with Crippen LogP contribution in [0.15, 0.2) is 41.8 Å². The molecule has 2 heteroatoms. The second-order valence-corrected chi connectivity index (χ2v) is 5.18. The first-order valence-corrected chi connectivity index (χ1v) is 6.49. The van der Waals surface area contributed by atoms with Crippen molar-refractivity contribution in [2.24, 2.45) is 5.73 Å². The Morgan fingerprint density at radius 1 is 1.19 bits per heavy atom. The van der Waals surface area contributed by atoms with Crippen LogP contribution in [-0.4, -0.2) is 0 Å². The monoisotopic (exact) mass is 231 g/mol. The number of hydrogen-bond donors (Lipinski definition) is 1. The number of rotatable bonds is 4. The van der Waals surface area contributed by atoms with Crippen LogP contribution in [0.2, 0.25) is 0 Å². The first kappa shape index (κ1) is 11.4. The van der Waals surface area contributed by atoms with Gasteiger partial charge in [0.1, 0.15) is 0 Å². The predicted octanol–water partition coefficient (Wildman–Crippen LogP) is 3.69. The lowest BCUT2D eigenvalue weighted by atomic mass is 10.0. The molecule has 0 bridgehead atoms. The second kappa shape index (κ2) is 5.28. The van der Waals surface area contributed by atoms with Crippen molar-refractivity contribution in [1.29, 1.82) is 0 Å². The zero-order valence-corrected chi connectivity index (χ0v) is 10.3. The van der Waals surface area contributed by atoms with Crippen molar-refractivity contribution in [2.75, 3.05) is 0 Å². The van der Waals surface area contributed by atoms with Gasteiger partial charge < -0.3 is 5.73 Å². The molecule has 0 aliphatic heterocycles. The molecule has 0 aliphatic rings. The molecule has 0 saturated carbocycles. The van der Waals surface area contributed by atoms with E-state index in [0.717, 1.165) is 12.8 Å². The summed E-state index contributed by atoms with van der Waals surface area (Å²) >= 11 is 1.77. The fraction of sp³-hybridized carbons (Fsp3) is 0.286. The van der Waals surface area contributed by atoms with Gasteiger partial charge >= 0.3 is 0 Å². The van der Waals surface area contributed by atoms with Crippen LogP contribution >= 0.6 is 11.3 Å². The summed E-state index contributed by atoms with van der Waals surface area (Å²) in [4.78, 5) is 1.35. The standard InChI is InChI=1S/C14H17NS/c1-11-13(9-10-16-11)14(15)8-7-12-5-3-2-4-6-12/h2-6,9-10,14H,7-8,15H2,1H3.